The molecule has 1 aromatic heterocycles. The summed E-state index contributed by atoms with van der Waals surface area (Å²) in [6, 6.07) is 27.1. The highest BCUT2D eigenvalue weighted by molar-refractivity contribution is 5.63. The zero-order valence-electron chi connectivity index (χ0n) is 18.4. The quantitative estimate of drug-likeness (QED) is 0.406. The van der Waals surface area contributed by atoms with E-state index in [0.717, 1.165) is 35.1 Å². The number of nitrogens with zero attached hydrogens (tertiary/aromatic N) is 4. The Balaban J connectivity index is 1.51. The number of hydrogen-bond donors (Lipinski definition) is 0. The Morgan fingerprint density at radius 1 is 0.781 bits per heavy atom. The van der Waals surface area contributed by atoms with Crippen LogP contribution in [0.4, 0.5) is 0 Å². The molecule has 1 aliphatic rings. The number of aromatic nitrogens is 3. The van der Waals surface area contributed by atoms with Gasteiger partial charge in [0, 0.05) is 17.7 Å². The van der Waals surface area contributed by atoms with Gasteiger partial charge in [-0.1, -0.05) is 48.5 Å². The maximum absolute atomic E-state index is 5.30. The third kappa shape index (κ3) is 4.58. The molecule has 3 aromatic carbocycles. The van der Waals surface area contributed by atoms with Crippen LogP contribution in [0.25, 0.3) is 22.8 Å². The molecule has 0 unspecified atom stereocenters. The minimum atomic E-state index is 0.676. The van der Waals surface area contributed by atoms with Gasteiger partial charge in [0.2, 0.25) is 0 Å². The highest BCUT2D eigenvalue weighted by atomic mass is 16.5. The average molecular weight is 425 g/mol. The molecular weight excluding hydrogens is 396 g/mol. The summed E-state index contributed by atoms with van der Waals surface area (Å²) in [5.74, 6) is 2.44. The van der Waals surface area contributed by atoms with E-state index in [2.05, 4.69) is 53.4 Å². The third-order valence-corrected chi connectivity index (χ3v) is 5.99. The van der Waals surface area contributed by atoms with Crippen molar-refractivity contribution >= 4 is 0 Å². The topological polar surface area (TPSA) is 43.2 Å². The first-order valence-corrected chi connectivity index (χ1v) is 11.2. The summed E-state index contributed by atoms with van der Waals surface area (Å²) >= 11 is 0. The molecule has 0 spiro atoms. The zero-order chi connectivity index (χ0) is 21.8. The molecular formula is C27H28N4O. The highest BCUT2D eigenvalue weighted by Gasteiger charge is 2.16. The number of benzene rings is 3. The Morgan fingerprint density at radius 2 is 1.53 bits per heavy atom. The van der Waals surface area contributed by atoms with Crippen molar-refractivity contribution in [1.29, 1.82) is 0 Å². The van der Waals surface area contributed by atoms with Crippen LogP contribution in [-0.4, -0.2) is 39.9 Å². The second-order valence-corrected chi connectivity index (χ2v) is 8.31. The molecule has 0 bridgehead atoms. The lowest BCUT2D eigenvalue weighted by atomic mass is 10.1. The summed E-state index contributed by atoms with van der Waals surface area (Å²) < 4.78 is 7.32. The molecule has 0 radical (unpaired) electrons. The van der Waals surface area contributed by atoms with Crippen molar-refractivity contribution in [2.75, 3.05) is 20.2 Å². The largest absolute Gasteiger partial charge is 0.497 e. The lowest BCUT2D eigenvalue weighted by Gasteiger charge is -2.15. The molecule has 4 aromatic rings. The van der Waals surface area contributed by atoms with Crippen molar-refractivity contribution in [3.05, 3.63) is 90.0 Å². The molecule has 1 aliphatic heterocycles. The van der Waals surface area contributed by atoms with E-state index in [1.165, 1.54) is 37.1 Å². The van der Waals surface area contributed by atoms with Gasteiger partial charge in [-0.2, -0.15) is 5.10 Å². The second-order valence-electron chi connectivity index (χ2n) is 8.31. The number of ether oxygens (including phenoxy) is 1. The fourth-order valence-electron chi connectivity index (χ4n) is 4.29. The molecule has 162 valence electrons. The predicted octanol–water partition coefficient (Wildman–Crippen LogP) is 5.26. The first-order chi connectivity index (χ1) is 15.8. The van der Waals surface area contributed by atoms with Crippen molar-refractivity contribution in [2.24, 2.45) is 0 Å². The van der Waals surface area contributed by atoms with Crippen LogP contribution < -0.4 is 4.74 Å². The molecule has 0 amide bonds. The van der Waals surface area contributed by atoms with E-state index in [9.17, 15) is 0 Å². The van der Waals surface area contributed by atoms with Crippen molar-refractivity contribution in [1.82, 2.24) is 19.7 Å². The van der Waals surface area contributed by atoms with Gasteiger partial charge < -0.3 is 4.74 Å². The summed E-state index contributed by atoms with van der Waals surface area (Å²) in [6.07, 6.45) is 2.60. The summed E-state index contributed by atoms with van der Waals surface area (Å²) in [5.41, 5.74) is 4.61. The maximum Gasteiger partial charge on any atom is 0.181 e. The fourth-order valence-corrected chi connectivity index (χ4v) is 4.29. The fraction of sp³-hybridized carbons (Fsp3) is 0.259. The van der Waals surface area contributed by atoms with Gasteiger partial charge in [0.15, 0.2) is 11.6 Å². The van der Waals surface area contributed by atoms with Crippen LogP contribution in [0.1, 0.15) is 24.0 Å². The highest BCUT2D eigenvalue weighted by Crippen LogP contribution is 2.26. The van der Waals surface area contributed by atoms with E-state index in [4.69, 9.17) is 14.8 Å². The number of methoxy groups -OCH3 is 1. The molecule has 0 saturated carbocycles. The molecule has 1 saturated heterocycles. The van der Waals surface area contributed by atoms with Gasteiger partial charge in [-0.25, -0.2) is 9.67 Å². The van der Waals surface area contributed by atoms with Crippen LogP contribution in [0.5, 0.6) is 5.75 Å². The smallest absolute Gasteiger partial charge is 0.181 e. The summed E-state index contributed by atoms with van der Waals surface area (Å²) in [4.78, 5) is 7.50. The predicted molar refractivity (Wildman–Crippen MR) is 128 cm³/mol. The van der Waals surface area contributed by atoms with Crippen LogP contribution in [0.15, 0.2) is 78.9 Å². The molecule has 0 aliphatic carbocycles. The average Bonchev–Trinajstić information content (AvgIpc) is 3.50. The van der Waals surface area contributed by atoms with Crippen LogP contribution in [0, 0.1) is 0 Å². The maximum atomic E-state index is 5.30. The molecule has 0 N–H and O–H groups in total. The van der Waals surface area contributed by atoms with Crippen LogP contribution in [0.3, 0.4) is 0 Å². The third-order valence-electron chi connectivity index (χ3n) is 5.99. The Bertz CT molecular complexity index is 1160. The summed E-state index contributed by atoms with van der Waals surface area (Å²) in [6.45, 7) is 4.05. The van der Waals surface area contributed by atoms with E-state index in [1.54, 1.807) is 7.11 Å². The van der Waals surface area contributed by atoms with Gasteiger partial charge in [0.1, 0.15) is 5.75 Å². The van der Waals surface area contributed by atoms with E-state index in [1.807, 2.05) is 35.0 Å². The monoisotopic (exact) mass is 424 g/mol. The van der Waals surface area contributed by atoms with Gasteiger partial charge in [-0.05, 0) is 67.4 Å². The molecule has 5 rings (SSSR count). The van der Waals surface area contributed by atoms with E-state index in [0.29, 0.717) is 6.54 Å². The molecule has 32 heavy (non-hydrogen) atoms. The number of likely N-dealkylation sites (tertiary alicyclic amines) is 1. The van der Waals surface area contributed by atoms with E-state index in [-0.39, 0.29) is 0 Å². The van der Waals surface area contributed by atoms with Gasteiger partial charge >= 0.3 is 0 Å². The molecule has 5 heteroatoms. The van der Waals surface area contributed by atoms with Crippen molar-refractivity contribution in [3.8, 4) is 28.5 Å². The Morgan fingerprint density at radius 3 is 2.28 bits per heavy atom. The van der Waals surface area contributed by atoms with Crippen molar-refractivity contribution in [3.63, 3.8) is 0 Å². The Hall–Kier alpha value is -3.44. The first-order valence-electron chi connectivity index (χ1n) is 11.2. The van der Waals surface area contributed by atoms with Gasteiger partial charge in [0.05, 0.1) is 13.7 Å². The minimum absolute atomic E-state index is 0.676. The van der Waals surface area contributed by atoms with E-state index < -0.39 is 0 Å². The number of hydrogen-bond acceptors (Lipinski definition) is 4. The first kappa shape index (κ1) is 20.5. The standard InChI is InChI=1S/C27H28N4O/c1-32-25-14-12-23(13-15-25)26-28-27(31(29-26)20-21-8-3-2-4-9-21)24-11-7-10-22(18-24)19-30-16-5-6-17-30/h2-4,7-15,18H,5-6,16-17,19-20H2,1H3. The number of rotatable bonds is 7. The van der Waals surface area contributed by atoms with E-state index >= 15 is 0 Å². The lowest BCUT2D eigenvalue weighted by molar-refractivity contribution is 0.331. The van der Waals surface area contributed by atoms with Crippen LogP contribution in [0.2, 0.25) is 0 Å². The molecule has 1 fully saturated rings. The Labute approximate surface area is 189 Å². The zero-order valence-corrected chi connectivity index (χ0v) is 18.4. The molecule has 2 heterocycles. The van der Waals surface area contributed by atoms with Gasteiger partial charge in [0.25, 0.3) is 0 Å². The summed E-state index contributed by atoms with van der Waals surface area (Å²) in [7, 11) is 1.68. The lowest BCUT2D eigenvalue weighted by Crippen LogP contribution is -2.18. The second kappa shape index (κ2) is 9.37. The summed E-state index contributed by atoms with van der Waals surface area (Å²) in [5, 5.41) is 4.89. The van der Waals surface area contributed by atoms with Crippen LogP contribution in [-0.2, 0) is 13.1 Å². The van der Waals surface area contributed by atoms with Crippen LogP contribution >= 0.6 is 0 Å². The van der Waals surface area contributed by atoms with Gasteiger partial charge in [-0.3, -0.25) is 4.90 Å². The van der Waals surface area contributed by atoms with Crippen molar-refractivity contribution in [2.45, 2.75) is 25.9 Å². The normalized spacial score (nSPS) is 14.0. The Kier molecular flexibility index (Phi) is 5.99. The molecule has 5 nitrogen and oxygen atoms in total. The SMILES string of the molecule is COc1ccc(-c2nc(-c3cccc(CN4CCCC4)c3)n(Cc3ccccc3)n2)cc1. The molecule has 0 atom stereocenters. The van der Waals surface area contributed by atoms with Gasteiger partial charge in [-0.15, -0.1) is 0 Å². The minimum Gasteiger partial charge on any atom is -0.497 e. The van der Waals surface area contributed by atoms with Crippen molar-refractivity contribution < 1.29 is 4.74 Å².